The van der Waals surface area contributed by atoms with Gasteiger partial charge in [-0.25, -0.2) is 0 Å². The molecule has 5 nitrogen and oxygen atoms in total. The Balaban J connectivity index is 0.00000144. The highest BCUT2D eigenvalue weighted by molar-refractivity contribution is 8.26. The van der Waals surface area contributed by atoms with Gasteiger partial charge in [0.2, 0.25) is 6.17 Å². The van der Waals surface area contributed by atoms with Crippen LogP contribution < -0.4 is 17.1 Å². The van der Waals surface area contributed by atoms with Gasteiger partial charge in [0.25, 0.3) is 0 Å². The van der Waals surface area contributed by atoms with Gasteiger partial charge in [0, 0.05) is 10.6 Å². The quantitative estimate of drug-likeness (QED) is 0.678. The average molecular weight is 352 g/mol. The number of nitrogens with zero attached hydrogens (tertiary/aromatic N) is 5. The number of aliphatic imine (C=N–C) groups is 1. The van der Waals surface area contributed by atoms with Crippen molar-refractivity contribution in [2.24, 2.45) is 10.1 Å². The SMILES string of the molecule is CC1=NN2C(=Nc3sc(C)n[n+]3C2c2ccc(C)cc2)S1.[Cl-]. The Morgan fingerprint density at radius 2 is 1.86 bits per heavy atom. The van der Waals surface area contributed by atoms with Crippen molar-refractivity contribution in [1.82, 2.24) is 10.1 Å². The molecule has 3 heterocycles. The van der Waals surface area contributed by atoms with E-state index >= 15 is 0 Å². The molecule has 1 aromatic carbocycles. The van der Waals surface area contributed by atoms with Crippen LogP contribution in [0.3, 0.4) is 0 Å². The lowest BCUT2D eigenvalue weighted by Gasteiger charge is -2.22. The molecule has 0 saturated heterocycles. The molecule has 1 atom stereocenters. The van der Waals surface area contributed by atoms with Crippen molar-refractivity contribution in [3.05, 3.63) is 40.4 Å². The minimum Gasteiger partial charge on any atom is -1.00 e. The normalized spacial score (nSPS) is 19.0. The molecule has 0 bridgehead atoms. The van der Waals surface area contributed by atoms with E-state index in [4.69, 9.17) is 0 Å². The number of hydrazone groups is 1. The van der Waals surface area contributed by atoms with Crippen LogP contribution in [-0.2, 0) is 0 Å². The number of thioether (sulfide) groups is 1. The van der Waals surface area contributed by atoms with Gasteiger partial charge in [-0.3, -0.25) is 0 Å². The van der Waals surface area contributed by atoms with Gasteiger partial charge in [-0.2, -0.15) is 10.1 Å². The molecule has 0 radical (unpaired) electrons. The predicted octanol–water partition coefficient (Wildman–Crippen LogP) is -0.0184. The summed E-state index contributed by atoms with van der Waals surface area (Å²) >= 11 is 3.23. The first-order valence-corrected chi connectivity index (χ1v) is 8.32. The molecule has 1 aromatic heterocycles. The Morgan fingerprint density at radius 1 is 1.14 bits per heavy atom. The molecule has 0 aliphatic carbocycles. The van der Waals surface area contributed by atoms with Crippen molar-refractivity contribution in [3.8, 4) is 0 Å². The zero-order chi connectivity index (χ0) is 14.6. The van der Waals surface area contributed by atoms with Gasteiger partial charge in [-0.05, 0) is 43.9 Å². The molecule has 114 valence electrons. The molecule has 2 aromatic rings. The fourth-order valence-corrected chi connectivity index (χ4v) is 4.04. The fourth-order valence-electron chi connectivity index (χ4n) is 2.46. The number of amidine groups is 1. The zero-order valence-electron chi connectivity index (χ0n) is 12.3. The lowest BCUT2D eigenvalue weighted by Crippen LogP contribution is -3.00. The summed E-state index contributed by atoms with van der Waals surface area (Å²) in [6, 6.07) is 8.53. The van der Waals surface area contributed by atoms with Crippen molar-refractivity contribution >= 4 is 38.4 Å². The Labute approximate surface area is 143 Å². The summed E-state index contributed by atoms with van der Waals surface area (Å²) in [6.07, 6.45) is -0.0528. The Kier molecular flexibility index (Phi) is 3.96. The maximum atomic E-state index is 4.68. The highest BCUT2D eigenvalue weighted by Crippen LogP contribution is 2.36. The smallest absolute Gasteiger partial charge is 0.409 e. The molecule has 0 spiro atoms. The summed E-state index contributed by atoms with van der Waals surface area (Å²) in [6.45, 7) is 6.11. The number of fused-ring (bicyclic) bond motifs is 2. The molecule has 8 heteroatoms. The van der Waals surface area contributed by atoms with Gasteiger partial charge >= 0.3 is 10.3 Å². The van der Waals surface area contributed by atoms with Crippen molar-refractivity contribution < 1.29 is 17.1 Å². The zero-order valence-corrected chi connectivity index (χ0v) is 14.7. The van der Waals surface area contributed by atoms with Crippen LogP contribution in [0.1, 0.15) is 29.2 Å². The highest BCUT2D eigenvalue weighted by atomic mass is 35.5. The van der Waals surface area contributed by atoms with E-state index in [1.807, 2.05) is 23.5 Å². The van der Waals surface area contributed by atoms with Crippen molar-refractivity contribution in [1.29, 1.82) is 0 Å². The number of halogens is 1. The van der Waals surface area contributed by atoms with Crippen molar-refractivity contribution in [2.75, 3.05) is 0 Å². The van der Waals surface area contributed by atoms with Crippen LogP contribution in [0.2, 0.25) is 0 Å². The van der Waals surface area contributed by atoms with Gasteiger partial charge in [-0.1, -0.05) is 39.6 Å². The van der Waals surface area contributed by atoms with E-state index in [1.54, 1.807) is 23.1 Å². The third-order valence-corrected chi connectivity index (χ3v) is 5.07. The minimum atomic E-state index is -0.0528. The molecule has 0 saturated carbocycles. The van der Waals surface area contributed by atoms with Crippen molar-refractivity contribution in [2.45, 2.75) is 26.9 Å². The second kappa shape index (κ2) is 5.64. The maximum absolute atomic E-state index is 4.68. The Bertz CT molecular complexity index is 781. The molecule has 0 amide bonds. The van der Waals surface area contributed by atoms with E-state index in [2.05, 4.69) is 46.4 Å². The van der Waals surface area contributed by atoms with E-state index in [1.165, 1.54) is 11.1 Å². The van der Waals surface area contributed by atoms with Gasteiger partial charge < -0.3 is 12.4 Å². The maximum Gasteiger partial charge on any atom is 0.409 e. The standard InChI is InChI=1S/C14H14N5S2.ClH/c1-8-4-6-11(7-5-8)12-18-13(20-9(2)16-18)15-14-19(12)17-10(3)21-14;/h4-7,12H,1-3H3;1H/q+1;/p-1. The summed E-state index contributed by atoms with van der Waals surface area (Å²) in [4.78, 5) is 4.68. The summed E-state index contributed by atoms with van der Waals surface area (Å²) in [5, 5.41) is 15.1. The lowest BCUT2D eigenvalue weighted by molar-refractivity contribution is -0.770. The van der Waals surface area contributed by atoms with Crippen LogP contribution >= 0.6 is 23.1 Å². The first-order chi connectivity index (χ1) is 10.1. The number of aryl methyl sites for hydroxylation is 2. The first-order valence-electron chi connectivity index (χ1n) is 6.68. The van der Waals surface area contributed by atoms with Crippen LogP contribution in [0.4, 0.5) is 5.13 Å². The number of hydrogen-bond acceptors (Lipinski definition) is 6. The van der Waals surface area contributed by atoms with Gasteiger partial charge in [0.05, 0.1) is 0 Å². The summed E-state index contributed by atoms with van der Waals surface area (Å²) in [7, 11) is 0. The summed E-state index contributed by atoms with van der Waals surface area (Å²) in [5.74, 6) is 0. The average Bonchev–Trinajstić information content (AvgIpc) is 2.97. The molecule has 4 rings (SSSR count). The molecule has 22 heavy (non-hydrogen) atoms. The molecule has 0 fully saturated rings. The third-order valence-electron chi connectivity index (χ3n) is 3.40. The fraction of sp³-hybridized carbons (Fsp3) is 0.286. The topological polar surface area (TPSA) is 44.7 Å². The summed E-state index contributed by atoms with van der Waals surface area (Å²) in [5.41, 5.74) is 2.42. The number of rotatable bonds is 1. The second-order valence-electron chi connectivity index (χ2n) is 5.09. The number of benzene rings is 1. The largest absolute Gasteiger partial charge is 1.00 e. The first kappa shape index (κ1) is 15.5. The second-order valence-corrected chi connectivity index (χ2v) is 7.41. The Hall–Kier alpha value is -1.44. The van der Waals surface area contributed by atoms with E-state index in [9.17, 15) is 0 Å². The van der Waals surface area contributed by atoms with E-state index in [0.29, 0.717) is 0 Å². The van der Waals surface area contributed by atoms with E-state index in [0.717, 1.165) is 20.4 Å². The van der Waals surface area contributed by atoms with E-state index < -0.39 is 0 Å². The van der Waals surface area contributed by atoms with Gasteiger partial charge in [0.15, 0.2) is 0 Å². The van der Waals surface area contributed by atoms with Crippen LogP contribution in [0.25, 0.3) is 0 Å². The summed E-state index contributed by atoms with van der Waals surface area (Å²) < 4.78 is 1.97. The molecule has 2 aliphatic heterocycles. The van der Waals surface area contributed by atoms with Crippen LogP contribution in [0, 0.1) is 13.8 Å². The van der Waals surface area contributed by atoms with Crippen molar-refractivity contribution in [3.63, 3.8) is 0 Å². The third kappa shape index (κ3) is 2.43. The van der Waals surface area contributed by atoms with Gasteiger partial charge in [0.1, 0.15) is 10.1 Å². The number of hydrogen-bond donors (Lipinski definition) is 0. The lowest BCUT2D eigenvalue weighted by atomic mass is 10.1. The Morgan fingerprint density at radius 3 is 2.59 bits per heavy atom. The monoisotopic (exact) mass is 351 g/mol. The van der Waals surface area contributed by atoms with Crippen LogP contribution in [-0.4, -0.2) is 20.3 Å². The molecule has 2 aliphatic rings. The predicted molar refractivity (Wildman–Crippen MR) is 86.0 cm³/mol. The van der Waals surface area contributed by atoms with Crippen LogP contribution in [0.5, 0.6) is 0 Å². The highest BCUT2D eigenvalue weighted by Gasteiger charge is 2.44. The minimum absolute atomic E-state index is 0. The number of aromatic nitrogens is 2. The molecule has 1 unspecified atom stereocenters. The van der Waals surface area contributed by atoms with Gasteiger partial charge in [-0.15, -0.1) is 0 Å². The van der Waals surface area contributed by atoms with Crippen LogP contribution in [0.15, 0.2) is 34.4 Å². The molecular formula is C14H14ClN5S2. The van der Waals surface area contributed by atoms with E-state index in [-0.39, 0.29) is 18.6 Å². The molecular weight excluding hydrogens is 338 g/mol. The molecule has 0 N–H and O–H groups in total.